The first-order valence-corrected chi connectivity index (χ1v) is 7.37. The third-order valence-corrected chi connectivity index (χ3v) is 4.88. The Bertz CT molecular complexity index is 506. The zero-order valence-corrected chi connectivity index (χ0v) is 12.0. The van der Waals surface area contributed by atoms with Crippen LogP contribution in [0.1, 0.15) is 18.4 Å². The summed E-state index contributed by atoms with van der Waals surface area (Å²) in [7, 11) is 0. The van der Waals surface area contributed by atoms with Gasteiger partial charge in [0.25, 0.3) is 0 Å². The average Bonchev–Trinajstić information content (AvgIpc) is 2.73. The molecule has 1 amide bonds. The van der Waals surface area contributed by atoms with E-state index in [-0.39, 0.29) is 11.8 Å². The largest absolute Gasteiger partial charge is 0.336 e. The second-order valence-corrected chi connectivity index (χ2v) is 6.03. The molecule has 2 aliphatic heterocycles. The maximum Gasteiger partial charge on any atom is 0.227 e. The lowest BCUT2D eigenvalue weighted by molar-refractivity contribution is -0.131. The number of fused-ring (bicyclic) bond motifs is 1. The van der Waals surface area contributed by atoms with Gasteiger partial charge < -0.3 is 10.2 Å². The number of hydrogen-bond acceptors (Lipinski definition) is 2. The molecule has 1 aromatic rings. The standard InChI is InChI=1S/C14H16Cl2N2O/c15-11-5-1-3-9(13(11)16)7-18-8-12-10(14(18)19)4-2-6-17-12/h1,3,5,10,12,17H,2,4,6-8H2. The molecule has 3 rings (SSSR count). The number of halogens is 2. The molecule has 19 heavy (non-hydrogen) atoms. The summed E-state index contributed by atoms with van der Waals surface area (Å²) >= 11 is 12.2. The Labute approximate surface area is 122 Å². The lowest BCUT2D eigenvalue weighted by Gasteiger charge is -2.23. The Hall–Kier alpha value is -0.770. The monoisotopic (exact) mass is 298 g/mol. The number of likely N-dealkylation sites (tertiary alicyclic amines) is 1. The van der Waals surface area contributed by atoms with Crippen molar-refractivity contribution < 1.29 is 4.79 Å². The van der Waals surface area contributed by atoms with Crippen LogP contribution in [0.4, 0.5) is 0 Å². The van der Waals surface area contributed by atoms with Crippen molar-refractivity contribution in [3.05, 3.63) is 33.8 Å². The van der Waals surface area contributed by atoms with E-state index in [1.165, 1.54) is 0 Å². The molecule has 2 heterocycles. The molecule has 0 saturated carbocycles. The number of benzene rings is 1. The highest BCUT2D eigenvalue weighted by Crippen LogP contribution is 2.31. The van der Waals surface area contributed by atoms with Crippen LogP contribution in [0, 0.1) is 5.92 Å². The van der Waals surface area contributed by atoms with E-state index in [4.69, 9.17) is 23.2 Å². The minimum Gasteiger partial charge on any atom is -0.336 e. The third kappa shape index (κ3) is 2.47. The maximum absolute atomic E-state index is 12.4. The number of nitrogens with one attached hydrogen (secondary N) is 1. The molecule has 2 unspecified atom stereocenters. The summed E-state index contributed by atoms with van der Waals surface area (Å²) < 4.78 is 0. The van der Waals surface area contributed by atoms with E-state index < -0.39 is 0 Å². The van der Waals surface area contributed by atoms with Crippen LogP contribution in [-0.4, -0.2) is 29.9 Å². The van der Waals surface area contributed by atoms with Gasteiger partial charge in [0, 0.05) is 19.1 Å². The van der Waals surface area contributed by atoms with Crippen LogP contribution < -0.4 is 5.32 Å². The number of carbonyl (C=O) groups excluding carboxylic acids is 1. The fourth-order valence-electron chi connectivity index (χ4n) is 3.02. The SMILES string of the molecule is O=C1C2CCCNC2CN1Cc1cccc(Cl)c1Cl. The van der Waals surface area contributed by atoms with Crippen LogP contribution in [-0.2, 0) is 11.3 Å². The smallest absolute Gasteiger partial charge is 0.227 e. The molecule has 2 fully saturated rings. The van der Waals surface area contributed by atoms with Gasteiger partial charge in [0.05, 0.1) is 16.0 Å². The minimum atomic E-state index is 0.145. The van der Waals surface area contributed by atoms with Crippen LogP contribution in [0.3, 0.4) is 0 Å². The van der Waals surface area contributed by atoms with E-state index in [1.807, 2.05) is 17.0 Å². The molecule has 2 saturated heterocycles. The molecule has 2 atom stereocenters. The van der Waals surface area contributed by atoms with E-state index in [0.29, 0.717) is 22.6 Å². The van der Waals surface area contributed by atoms with Gasteiger partial charge in [0.2, 0.25) is 5.91 Å². The second kappa shape index (κ2) is 5.31. The Morgan fingerprint density at radius 2 is 2.21 bits per heavy atom. The zero-order chi connectivity index (χ0) is 13.4. The maximum atomic E-state index is 12.4. The van der Waals surface area contributed by atoms with Crippen LogP contribution >= 0.6 is 23.2 Å². The zero-order valence-electron chi connectivity index (χ0n) is 10.5. The van der Waals surface area contributed by atoms with Crippen molar-refractivity contribution >= 4 is 29.1 Å². The van der Waals surface area contributed by atoms with Gasteiger partial charge in [-0.3, -0.25) is 4.79 Å². The first-order valence-electron chi connectivity index (χ1n) is 6.62. The van der Waals surface area contributed by atoms with Crippen molar-refractivity contribution in [2.75, 3.05) is 13.1 Å². The predicted molar refractivity (Wildman–Crippen MR) is 76.4 cm³/mol. The summed E-state index contributed by atoms with van der Waals surface area (Å²) in [5, 5.41) is 4.53. The Balaban J connectivity index is 1.77. The molecule has 2 aliphatic rings. The van der Waals surface area contributed by atoms with E-state index in [0.717, 1.165) is 31.5 Å². The van der Waals surface area contributed by atoms with Gasteiger partial charge in [-0.25, -0.2) is 0 Å². The summed E-state index contributed by atoms with van der Waals surface area (Å²) in [6.45, 7) is 2.33. The number of nitrogens with zero attached hydrogens (tertiary/aromatic N) is 1. The van der Waals surface area contributed by atoms with Crippen molar-refractivity contribution in [1.29, 1.82) is 0 Å². The molecule has 5 heteroatoms. The van der Waals surface area contributed by atoms with Gasteiger partial charge in [-0.1, -0.05) is 35.3 Å². The van der Waals surface area contributed by atoms with Gasteiger partial charge in [-0.05, 0) is 31.0 Å². The summed E-state index contributed by atoms with van der Waals surface area (Å²) in [6.07, 6.45) is 2.08. The minimum absolute atomic E-state index is 0.145. The molecule has 3 nitrogen and oxygen atoms in total. The number of amides is 1. The van der Waals surface area contributed by atoms with E-state index in [1.54, 1.807) is 6.07 Å². The van der Waals surface area contributed by atoms with Crippen LogP contribution in [0.2, 0.25) is 10.0 Å². The predicted octanol–water partition coefficient (Wildman–Crippen LogP) is 2.70. The quantitative estimate of drug-likeness (QED) is 0.910. The fraction of sp³-hybridized carbons (Fsp3) is 0.500. The fourth-order valence-corrected chi connectivity index (χ4v) is 3.40. The number of rotatable bonds is 2. The molecule has 102 valence electrons. The molecule has 1 N–H and O–H groups in total. The number of hydrogen-bond donors (Lipinski definition) is 1. The normalized spacial score (nSPS) is 26.6. The first-order chi connectivity index (χ1) is 9.16. The van der Waals surface area contributed by atoms with Crippen molar-refractivity contribution in [3.8, 4) is 0 Å². The molecule has 0 aromatic heterocycles. The van der Waals surface area contributed by atoms with Gasteiger partial charge in [-0.15, -0.1) is 0 Å². The molecule has 1 aromatic carbocycles. The number of piperidine rings is 1. The molecular formula is C14H16Cl2N2O. The Morgan fingerprint density at radius 3 is 3.00 bits per heavy atom. The van der Waals surface area contributed by atoms with E-state index in [9.17, 15) is 4.79 Å². The second-order valence-electron chi connectivity index (χ2n) is 5.24. The number of carbonyl (C=O) groups is 1. The van der Waals surface area contributed by atoms with E-state index >= 15 is 0 Å². The van der Waals surface area contributed by atoms with Gasteiger partial charge in [0.1, 0.15) is 0 Å². The summed E-state index contributed by atoms with van der Waals surface area (Å²) in [5.41, 5.74) is 0.918. The Morgan fingerprint density at radius 1 is 1.37 bits per heavy atom. The van der Waals surface area contributed by atoms with Crippen LogP contribution in [0.25, 0.3) is 0 Å². The summed E-state index contributed by atoms with van der Waals surface area (Å²) in [6, 6.07) is 5.87. The van der Waals surface area contributed by atoms with Crippen molar-refractivity contribution in [1.82, 2.24) is 10.2 Å². The van der Waals surface area contributed by atoms with Gasteiger partial charge in [-0.2, -0.15) is 0 Å². The first kappa shape index (κ1) is 13.2. The van der Waals surface area contributed by atoms with Crippen LogP contribution in [0.15, 0.2) is 18.2 Å². The van der Waals surface area contributed by atoms with Gasteiger partial charge >= 0.3 is 0 Å². The van der Waals surface area contributed by atoms with Crippen molar-refractivity contribution in [2.45, 2.75) is 25.4 Å². The molecule has 0 aliphatic carbocycles. The molecule has 0 spiro atoms. The Kier molecular flexibility index (Phi) is 3.70. The van der Waals surface area contributed by atoms with Crippen molar-refractivity contribution in [2.24, 2.45) is 5.92 Å². The van der Waals surface area contributed by atoms with Crippen molar-refractivity contribution in [3.63, 3.8) is 0 Å². The molecular weight excluding hydrogens is 283 g/mol. The highest BCUT2D eigenvalue weighted by molar-refractivity contribution is 6.42. The molecule has 0 bridgehead atoms. The lowest BCUT2D eigenvalue weighted by atomic mass is 9.94. The van der Waals surface area contributed by atoms with Crippen LogP contribution in [0.5, 0.6) is 0 Å². The highest BCUT2D eigenvalue weighted by Gasteiger charge is 2.41. The van der Waals surface area contributed by atoms with Gasteiger partial charge in [0.15, 0.2) is 0 Å². The average molecular weight is 299 g/mol. The highest BCUT2D eigenvalue weighted by atomic mass is 35.5. The topological polar surface area (TPSA) is 32.3 Å². The third-order valence-electron chi connectivity index (χ3n) is 4.02. The lowest BCUT2D eigenvalue weighted by Crippen LogP contribution is -2.41. The summed E-state index contributed by atoms with van der Waals surface area (Å²) in [4.78, 5) is 14.2. The summed E-state index contributed by atoms with van der Waals surface area (Å²) in [5.74, 6) is 0.389. The van der Waals surface area contributed by atoms with E-state index in [2.05, 4.69) is 5.32 Å². The molecule has 0 radical (unpaired) electrons.